The highest BCUT2D eigenvalue weighted by Crippen LogP contribution is 2.22. The average molecular weight is 365 g/mol. The highest BCUT2D eigenvalue weighted by atomic mass is 16.3. The fourth-order valence-corrected chi connectivity index (χ4v) is 3.01. The van der Waals surface area contributed by atoms with Gasteiger partial charge >= 0.3 is 0 Å². The summed E-state index contributed by atoms with van der Waals surface area (Å²) in [7, 11) is 1.45. The zero-order valence-corrected chi connectivity index (χ0v) is 14.8. The van der Waals surface area contributed by atoms with E-state index in [1.54, 1.807) is 6.26 Å². The molecule has 1 aromatic carbocycles. The average Bonchev–Trinajstić information content (AvgIpc) is 3.41. The monoisotopic (exact) mass is 365 g/mol. The molecule has 2 heterocycles. The normalized spacial score (nSPS) is 13.5. The van der Waals surface area contributed by atoms with Crippen LogP contribution in [0.5, 0.6) is 0 Å². The van der Waals surface area contributed by atoms with Crippen molar-refractivity contribution in [3.05, 3.63) is 69.8 Å². The third kappa shape index (κ3) is 3.36. The number of furan rings is 1. The molecule has 1 aliphatic carbocycles. The second-order valence-electron chi connectivity index (χ2n) is 6.66. The third-order valence-electron chi connectivity index (χ3n) is 4.63. The lowest BCUT2D eigenvalue weighted by molar-refractivity contribution is 0.0950. The van der Waals surface area contributed by atoms with E-state index >= 15 is 0 Å². The first kappa shape index (κ1) is 17.1. The zero-order valence-electron chi connectivity index (χ0n) is 14.8. The van der Waals surface area contributed by atoms with Gasteiger partial charge in [0.15, 0.2) is 0 Å². The molecule has 2 amide bonds. The number of fused-ring (bicyclic) bond motifs is 1. The van der Waals surface area contributed by atoms with Gasteiger partial charge in [0.2, 0.25) is 0 Å². The smallest absolute Gasteiger partial charge is 0.263 e. The van der Waals surface area contributed by atoms with E-state index in [0.29, 0.717) is 0 Å². The summed E-state index contributed by atoms with van der Waals surface area (Å²) < 4.78 is 6.90. The van der Waals surface area contributed by atoms with Crippen molar-refractivity contribution >= 4 is 22.8 Å². The van der Waals surface area contributed by atoms with E-state index < -0.39 is 11.5 Å². The standard InChI is InChI=1S/C20H19N3O4/c1-21-19(25)16-8-12(18(24)22-14-6-7-14)9-23(20(16)26)10-13-11-27-17-5-3-2-4-15(13)17/h2-5,8-9,11,14H,6-7,10H2,1H3,(H,21,25)(H,22,24). The van der Waals surface area contributed by atoms with Crippen LogP contribution in [0.4, 0.5) is 0 Å². The third-order valence-corrected chi connectivity index (χ3v) is 4.63. The molecule has 138 valence electrons. The molecule has 0 bridgehead atoms. The Balaban J connectivity index is 1.76. The van der Waals surface area contributed by atoms with Crippen LogP contribution in [0.3, 0.4) is 0 Å². The van der Waals surface area contributed by atoms with Crippen LogP contribution in [0.1, 0.15) is 39.1 Å². The fourth-order valence-electron chi connectivity index (χ4n) is 3.01. The first-order valence-corrected chi connectivity index (χ1v) is 8.79. The predicted molar refractivity (Wildman–Crippen MR) is 99.9 cm³/mol. The molecule has 2 aromatic heterocycles. The summed E-state index contributed by atoms with van der Waals surface area (Å²) in [5, 5.41) is 6.23. The molecule has 0 spiro atoms. The Morgan fingerprint density at radius 3 is 2.74 bits per heavy atom. The Kier molecular flexibility index (Phi) is 4.27. The summed E-state index contributed by atoms with van der Waals surface area (Å²) in [6.45, 7) is 0.199. The molecular formula is C20H19N3O4. The van der Waals surface area contributed by atoms with Gasteiger partial charge in [0, 0.05) is 30.2 Å². The molecule has 1 aliphatic rings. The minimum absolute atomic E-state index is 0.0613. The van der Waals surface area contributed by atoms with Crippen molar-refractivity contribution in [2.45, 2.75) is 25.4 Å². The van der Waals surface area contributed by atoms with Crippen LogP contribution >= 0.6 is 0 Å². The predicted octanol–water partition coefficient (Wildman–Crippen LogP) is 1.89. The minimum Gasteiger partial charge on any atom is -0.464 e. The van der Waals surface area contributed by atoms with Crippen molar-refractivity contribution < 1.29 is 14.0 Å². The van der Waals surface area contributed by atoms with Gasteiger partial charge < -0.3 is 19.6 Å². The zero-order chi connectivity index (χ0) is 19.0. The lowest BCUT2D eigenvalue weighted by Crippen LogP contribution is -2.34. The fraction of sp³-hybridized carbons (Fsp3) is 0.250. The Morgan fingerprint density at radius 1 is 1.22 bits per heavy atom. The molecule has 7 nitrogen and oxygen atoms in total. The molecule has 0 aliphatic heterocycles. The number of aromatic nitrogens is 1. The van der Waals surface area contributed by atoms with Crippen LogP contribution < -0.4 is 16.2 Å². The number of nitrogens with one attached hydrogen (secondary N) is 2. The van der Waals surface area contributed by atoms with E-state index in [4.69, 9.17) is 4.42 Å². The molecule has 0 unspecified atom stereocenters. The van der Waals surface area contributed by atoms with Gasteiger partial charge in [-0.1, -0.05) is 18.2 Å². The molecule has 1 fully saturated rings. The van der Waals surface area contributed by atoms with Crippen LogP contribution in [0.25, 0.3) is 11.0 Å². The number of nitrogens with zero attached hydrogens (tertiary/aromatic N) is 1. The molecular weight excluding hydrogens is 346 g/mol. The quantitative estimate of drug-likeness (QED) is 0.722. The van der Waals surface area contributed by atoms with Crippen LogP contribution in [-0.4, -0.2) is 29.5 Å². The van der Waals surface area contributed by atoms with E-state index in [-0.39, 0.29) is 29.6 Å². The second-order valence-corrected chi connectivity index (χ2v) is 6.66. The maximum absolute atomic E-state index is 12.8. The number of pyridine rings is 1. The van der Waals surface area contributed by atoms with Gasteiger partial charge in [0.05, 0.1) is 18.4 Å². The van der Waals surface area contributed by atoms with E-state index in [1.165, 1.54) is 23.9 Å². The number of para-hydroxylation sites is 1. The van der Waals surface area contributed by atoms with Crippen LogP contribution in [0.15, 0.2) is 52.0 Å². The van der Waals surface area contributed by atoms with E-state index in [0.717, 1.165) is 29.4 Å². The van der Waals surface area contributed by atoms with Gasteiger partial charge in [0.25, 0.3) is 17.4 Å². The molecule has 3 aromatic rings. The van der Waals surface area contributed by atoms with Gasteiger partial charge in [-0.05, 0) is 25.0 Å². The largest absolute Gasteiger partial charge is 0.464 e. The van der Waals surface area contributed by atoms with Gasteiger partial charge in [-0.3, -0.25) is 14.4 Å². The first-order valence-electron chi connectivity index (χ1n) is 8.79. The molecule has 0 saturated heterocycles. The number of benzene rings is 1. The molecule has 1 saturated carbocycles. The molecule has 0 atom stereocenters. The molecule has 7 heteroatoms. The molecule has 27 heavy (non-hydrogen) atoms. The Morgan fingerprint density at radius 2 is 2.00 bits per heavy atom. The number of amides is 2. The number of carbonyl (C=O) groups is 2. The first-order chi connectivity index (χ1) is 13.1. The van der Waals surface area contributed by atoms with Crippen molar-refractivity contribution in [3.63, 3.8) is 0 Å². The summed E-state index contributed by atoms with van der Waals surface area (Å²) in [6, 6.07) is 9.04. The van der Waals surface area contributed by atoms with Crippen molar-refractivity contribution in [2.24, 2.45) is 0 Å². The number of hydrogen-bond donors (Lipinski definition) is 2. The summed E-state index contributed by atoms with van der Waals surface area (Å²) in [5.41, 5.74) is 1.29. The lowest BCUT2D eigenvalue weighted by atomic mass is 10.1. The van der Waals surface area contributed by atoms with E-state index in [2.05, 4.69) is 10.6 Å². The molecule has 0 radical (unpaired) electrons. The van der Waals surface area contributed by atoms with Gasteiger partial charge in [-0.2, -0.15) is 0 Å². The van der Waals surface area contributed by atoms with Crippen molar-refractivity contribution in [2.75, 3.05) is 7.05 Å². The summed E-state index contributed by atoms with van der Waals surface area (Å²) >= 11 is 0. The maximum atomic E-state index is 12.8. The van der Waals surface area contributed by atoms with Crippen LogP contribution in [0.2, 0.25) is 0 Å². The highest BCUT2D eigenvalue weighted by Gasteiger charge is 2.25. The summed E-state index contributed by atoms with van der Waals surface area (Å²) in [5.74, 6) is -0.805. The minimum atomic E-state index is -0.521. The Bertz CT molecular complexity index is 1090. The number of rotatable bonds is 5. The van der Waals surface area contributed by atoms with Crippen LogP contribution in [0, 0.1) is 0 Å². The maximum Gasteiger partial charge on any atom is 0.263 e. The van der Waals surface area contributed by atoms with E-state index in [1.807, 2.05) is 24.3 Å². The molecule has 2 N–H and O–H groups in total. The number of carbonyl (C=O) groups excluding carboxylic acids is 2. The van der Waals surface area contributed by atoms with Crippen molar-refractivity contribution in [1.82, 2.24) is 15.2 Å². The van der Waals surface area contributed by atoms with Gasteiger partial charge in [-0.25, -0.2) is 0 Å². The molecule has 4 rings (SSSR count). The van der Waals surface area contributed by atoms with E-state index in [9.17, 15) is 14.4 Å². The summed E-state index contributed by atoms with van der Waals surface area (Å²) in [6.07, 6.45) is 4.99. The van der Waals surface area contributed by atoms with Crippen LogP contribution in [-0.2, 0) is 6.54 Å². The topological polar surface area (TPSA) is 93.3 Å². The summed E-state index contributed by atoms with van der Waals surface area (Å²) in [4.78, 5) is 37.4. The Labute approximate surface area is 155 Å². The van der Waals surface area contributed by atoms with Crippen molar-refractivity contribution in [3.8, 4) is 0 Å². The highest BCUT2D eigenvalue weighted by molar-refractivity contribution is 5.99. The Hall–Kier alpha value is -3.35. The lowest BCUT2D eigenvalue weighted by Gasteiger charge is -2.11. The van der Waals surface area contributed by atoms with Gasteiger partial charge in [-0.15, -0.1) is 0 Å². The van der Waals surface area contributed by atoms with Gasteiger partial charge in [0.1, 0.15) is 11.1 Å². The number of hydrogen-bond acceptors (Lipinski definition) is 4. The van der Waals surface area contributed by atoms with Crippen molar-refractivity contribution in [1.29, 1.82) is 0 Å². The second kappa shape index (κ2) is 6.75. The SMILES string of the molecule is CNC(=O)c1cc(C(=O)NC2CC2)cn(Cc2coc3ccccc23)c1=O.